The van der Waals surface area contributed by atoms with Crippen molar-refractivity contribution < 1.29 is 14.3 Å². The zero-order chi connectivity index (χ0) is 21.5. The SMILES string of the molecule is C=CCn1c(SCC(=O)Nc2ccc(Cl)cn2)nnc1-c1ccc(OC)c(OC)c1. The fraction of sp³-hybridized carbons (Fsp3) is 0.200. The van der Waals surface area contributed by atoms with Gasteiger partial charge in [-0.3, -0.25) is 9.36 Å². The molecule has 1 aromatic carbocycles. The number of rotatable bonds is 9. The smallest absolute Gasteiger partial charge is 0.236 e. The number of allylic oxidation sites excluding steroid dienone is 1. The molecule has 0 atom stereocenters. The highest BCUT2D eigenvalue weighted by Gasteiger charge is 2.17. The molecule has 0 unspecified atom stereocenters. The number of aromatic nitrogens is 4. The lowest BCUT2D eigenvalue weighted by Crippen LogP contribution is -2.15. The van der Waals surface area contributed by atoms with Gasteiger partial charge in [-0.1, -0.05) is 29.4 Å². The highest BCUT2D eigenvalue weighted by Crippen LogP contribution is 2.33. The normalized spacial score (nSPS) is 10.5. The van der Waals surface area contributed by atoms with E-state index >= 15 is 0 Å². The maximum absolute atomic E-state index is 12.3. The molecule has 0 spiro atoms. The first-order chi connectivity index (χ1) is 14.5. The summed E-state index contributed by atoms with van der Waals surface area (Å²) in [5.41, 5.74) is 0.809. The van der Waals surface area contributed by atoms with E-state index in [-0.39, 0.29) is 11.7 Å². The zero-order valence-electron chi connectivity index (χ0n) is 16.5. The molecule has 156 valence electrons. The number of ether oxygens (including phenoxy) is 2. The third kappa shape index (κ3) is 5.11. The van der Waals surface area contributed by atoms with Crippen LogP contribution in [0.3, 0.4) is 0 Å². The van der Waals surface area contributed by atoms with Crippen LogP contribution in [0.2, 0.25) is 5.02 Å². The molecule has 0 aliphatic heterocycles. The number of thioether (sulfide) groups is 1. The molecule has 2 aromatic heterocycles. The van der Waals surface area contributed by atoms with Crippen LogP contribution in [0, 0.1) is 0 Å². The molecule has 0 aliphatic rings. The van der Waals surface area contributed by atoms with Gasteiger partial charge in [0.1, 0.15) is 5.82 Å². The largest absolute Gasteiger partial charge is 0.493 e. The van der Waals surface area contributed by atoms with Gasteiger partial charge in [-0.2, -0.15) is 0 Å². The number of nitrogens with zero attached hydrogens (tertiary/aromatic N) is 4. The number of pyridine rings is 1. The number of methoxy groups -OCH3 is 2. The summed E-state index contributed by atoms with van der Waals surface area (Å²) >= 11 is 7.08. The number of hydrogen-bond acceptors (Lipinski definition) is 7. The Bertz CT molecular complexity index is 1040. The Morgan fingerprint density at radius 2 is 2.03 bits per heavy atom. The van der Waals surface area contributed by atoms with Gasteiger partial charge in [0.2, 0.25) is 5.91 Å². The number of carbonyl (C=O) groups is 1. The first-order valence-corrected chi connectivity index (χ1v) is 10.2. The molecule has 0 aliphatic carbocycles. The van der Waals surface area contributed by atoms with Crippen LogP contribution in [-0.2, 0) is 11.3 Å². The highest BCUT2D eigenvalue weighted by molar-refractivity contribution is 7.99. The third-order valence-corrected chi connectivity index (χ3v) is 5.19. The van der Waals surface area contributed by atoms with Crippen molar-refractivity contribution in [3.63, 3.8) is 0 Å². The number of hydrogen-bond donors (Lipinski definition) is 1. The maximum Gasteiger partial charge on any atom is 0.236 e. The molecule has 0 saturated carbocycles. The third-order valence-electron chi connectivity index (χ3n) is 4.00. The topological polar surface area (TPSA) is 91.2 Å². The van der Waals surface area contributed by atoms with Crippen molar-refractivity contribution in [1.29, 1.82) is 0 Å². The first-order valence-electron chi connectivity index (χ1n) is 8.86. The van der Waals surface area contributed by atoms with E-state index in [1.807, 2.05) is 16.7 Å². The van der Waals surface area contributed by atoms with Crippen molar-refractivity contribution in [3.8, 4) is 22.9 Å². The monoisotopic (exact) mass is 445 g/mol. The minimum absolute atomic E-state index is 0.144. The second kappa shape index (κ2) is 10.1. The number of halogens is 1. The summed E-state index contributed by atoms with van der Waals surface area (Å²) in [6, 6.07) is 8.81. The quantitative estimate of drug-likeness (QED) is 0.394. The molecular weight excluding hydrogens is 426 g/mol. The summed E-state index contributed by atoms with van der Waals surface area (Å²) in [7, 11) is 3.16. The summed E-state index contributed by atoms with van der Waals surface area (Å²) in [6.45, 7) is 4.29. The van der Waals surface area contributed by atoms with Gasteiger partial charge in [0.15, 0.2) is 22.5 Å². The molecule has 0 bridgehead atoms. The molecule has 1 amide bonds. The van der Waals surface area contributed by atoms with Crippen molar-refractivity contribution >= 4 is 35.1 Å². The number of carbonyl (C=O) groups excluding carboxylic acids is 1. The Labute approximate surface area is 183 Å². The summed E-state index contributed by atoms with van der Waals surface area (Å²) in [5.74, 6) is 2.22. The van der Waals surface area contributed by atoms with Crippen molar-refractivity contribution in [3.05, 3.63) is 54.2 Å². The highest BCUT2D eigenvalue weighted by atomic mass is 35.5. The average molecular weight is 446 g/mol. The lowest BCUT2D eigenvalue weighted by atomic mass is 10.2. The number of nitrogens with one attached hydrogen (secondary N) is 1. The minimum Gasteiger partial charge on any atom is -0.493 e. The van der Waals surface area contributed by atoms with Crippen molar-refractivity contribution in [2.24, 2.45) is 0 Å². The van der Waals surface area contributed by atoms with E-state index in [0.717, 1.165) is 5.56 Å². The Morgan fingerprint density at radius 3 is 2.70 bits per heavy atom. The van der Waals surface area contributed by atoms with Crippen LogP contribution >= 0.6 is 23.4 Å². The fourth-order valence-corrected chi connectivity index (χ4v) is 3.50. The first kappa shape index (κ1) is 21.7. The van der Waals surface area contributed by atoms with E-state index in [1.54, 1.807) is 38.5 Å². The van der Waals surface area contributed by atoms with E-state index in [2.05, 4.69) is 27.1 Å². The van der Waals surface area contributed by atoms with E-state index in [4.69, 9.17) is 21.1 Å². The predicted octanol–water partition coefficient (Wildman–Crippen LogP) is 3.93. The van der Waals surface area contributed by atoms with Gasteiger partial charge in [0.05, 0.1) is 25.0 Å². The second-order valence-corrected chi connectivity index (χ2v) is 7.35. The van der Waals surface area contributed by atoms with Crippen molar-refractivity contribution in [2.45, 2.75) is 11.7 Å². The summed E-state index contributed by atoms with van der Waals surface area (Å²) < 4.78 is 12.5. The molecule has 10 heteroatoms. The van der Waals surface area contributed by atoms with Gasteiger partial charge in [-0.05, 0) is 30.3 Å². The number of amides is 1. The van der Waals surface area contributed by atoms with Crippen LogP contribution < -0.4 is 14.8 Å². The maximum atomic E-state index is 12.3. The zero-order valence-corrected chi connectivity index (χ0v) is 18.0. The molecule has 3 aromatic rings. The molecule has 3 rings (SSSR count). The van der Waals surface area contributed by atoms with E-state index < -0.39 is 0 Å². The Balaban J connectivity index is 1.76. The lowest BCUT2D eigenvalue weighted by molar-refractivity contribution is -0.113. The van der Waals surface area contributed by atoms with Gasteiger partial charge >= 0.3 is 0 Å². The number of anilines is 1. The Morgan fingerprint density at radius 1 is 1.23 bits per heavy atom. The minimum atomic E-state index is -0.212. The Kier molecular flexibility index (Phi) is 7.31. The van der Waals surface area contributed by atoms with Gasteiger partial charge in [-0.15, -0.1) is 16.8 Å². The summed E-state index contributed by atoms with van der Waals surface area (Å²) in [5, 5.41) is 12.4. The van der Waals surface area contributed by atoms with Crippen molar-refractivity contribution in [2.75, 3.05) is 25.3 Å². The van der Waals surface area contributed by atoms with Crippen LogP contribution in [0.5, 0.6) is 11.5 Å². The number of benzene rings is 1. The molecule has 8 nitrogen and oxygen atoms in total. The summed E-state index contributed by atoms with van der Waals surface area (Å²) in [4.78, 5) is 16.3. The second-order valence-electron chi connectivity index (χ2n) is 5.97. The van der Waals surface area contributed by atoms with E-state index in [9.17, 15) is 4.79 Å². The molecule has 2 heterocycles. The molecule has 0 saturated heterocycles. The van der Waals surface area contributed by atoms with E-state index in [1.165, 1.54) is 18.0 Å². The lowest BCUT2D eigenvalue weighted by Gasteiger charge is -2.11. The van der Waals surface area contributed by atoms with Crippen LogP contribution in [0.4, 0.5) is 5.82 Å². The van der Waals surface area contributed by atoms with Gasteiger partial charge in [0.25, 0.3) is 0 Å². The van der Waals surface area contributed by atoms with E-state index in [0.29, 0.717) is 39.9 Å². The van der Waals surface area contributed by atoms with Gasteiger partial charge in [0, 0.05) is 18.3 Å². The van der Waals surface area contributed by atoms with Crippen LogP contribution in [0.15, 0.2) is 54.3 Å². The molecule has 0 fully saturated rings. The fourth-order valence-electron chi connectivity index (χ4n) is 2.64. The molecule has 1 N–H and O–H groups in total. The molecule has 30 heavy (non-hydrogen) atoms. The standard InChI is InChI=1S/C20H20ClN5O3S/c1-4-9-26-19(13-5-7-15(28-2)16(10-13)29-3)24-25-20(26)30-12-18(27)23-17-8-6-14(21)11-22-17/h4-8,10-11H,1,9,12H2,2-3H3,(H,22,23,27). The van der Waals surface area contributed by atoms with Crippen molar-refractivity contribution in [1.82, 2.24) is 19.7 Å². The molecular formula is C20H20ClN5O3S. The average Bonchev–Trinajstić information content (AvgIpc) is 3.16. The Hall–Kier alpha value is -3.04. The molecule has 0 radical (unpaired) electrons. The summed E-state index contributed by atoms with van der Waals surface area (Å²) in [6.07, 6.45) is 3.22. The van der Waals surface area contributed by atoms with Crippen LogP contribution in [0.25, 0.3) is 11.4 Å². The van der Waals surface area contributed by atoms with Crippen LogP contribution in [-0.4, -0.2) is 45.6 Å². The van der Waals surface area contributed by atoms with Crippen LogP contribution in [0.1, 0.15) is 0 Å². The predicted molar refractivity (Wildman–Crippen MR) is 117 cm³/mol. The van der Waals surface area contributed by atoms with Gasteiger partial charge in [-0.25, -0.2) is 4.98 Å². The van der Waals surface area contributed by atoms with Gasteiger partial charge < -0.3 is 14.8 Å².